The fraction of sp³-hybridized carbons (Fsp3) is 0.500. The minimum atomic E-state index is -0.107. The summed E-state index contributed by atoms with van der Waals surface area (Å²) in [6.45, 7) is 5.99. The normalized spacial score (nSPS) is 18.2. The van der Waals surface area contributed by atoms with Crippen LogP contribution in [0.2, 0.25) is 0 Å². The van der Waals surface area contributed by atoms with Gasteiger partial charge in [-0.1, -0.05) is 38.8 Å². The maximum atomic E-state index is 13.7. The van der Waals surface area contributed by atoms with Crippen molar-refractivity contribution in [1.29, 1.82) is 0 Å². The molecule has 1 heterocycles. The average Bonchev–Trinajstić information content (AvgIpc) is 2.83. The lowest BCUT2D eigenvalue weighted by atomic mass is 10.0. The Kier molecular flexibility index (Phi) is 8.97. The molecule has 0 saturated carbocycles. The van der Waals surface area contributed by atoms with Crippen LogP contribution < -0.4 is 9.64 Å². The van der Waals surface area contributed by atoms with E-state index < -0.39 is 0 Å². The second-order valence-corrected chi connectivity index (χ2v) is 9.70. The van der Waals surface area contributed by atoms with Gasteiger partial charge in [0.05, 0.1) is 11.6 Å². The molecule has 2 amide bonds. The van der Waals surface area contributed by atoms with Crippen LogP contribution in [0.15, 0.2) is 48.5 Å². The monoisotopic (exact) mass is 465 g/mol. The van der Waals surface area contributed by atoms with E-state index >= 15 is 0 Å². The summed E-state index contributed by atoms with van der Waals surface area (Å²) in [6.07, 6.45) is 3.92. The van der Waals surface area contributed by atoms with E-state index in [0.29, 0.717) is 36.6 Å². The molecule has 0 bridgehead atoms. The van der Waals surface area contributed by atoms with Gasteiger partial charge >= 0.3 is 0 Å². The van der Waals surface area contributed by atoms with E-state index in [1.54, 1.807) is 4.90 Å². The second kappa shape index (κ2) is 11.9. The molecule has 1 atom stereocenters. The van der Waals surface area contributed by atoms with Crippen LogP contribution in [-0.4, -0.2) is 68.5 Å². The summed E-state index contributed by atoms with van der Waals surface area (Å²) < 4.78 is 6.24. The third-order valence-corrected chi connectivity index (χ3v) is 6.58. The Morgan fingerprint density at radius 3 is 2.26 bits per heavy atom. The van der Waals surface area contributed by atoms with Gasteiger partial charge in [-0.3, -0.25) is 9.59 Å². The van der Waals surface area contributed by atoms with Gasteiger partial charge in [-0.15, -0.1) is 0 Å². The minimum absolute atomic E-state index is 0.0253. The molecular formula is C28H39N3O3. The van der Waals surface area contributed by atoms with Crippen molar-refractivity contribution >= 4 is 17.5 Å². The van der Waals surface area contributed by atoms with Gasteiger partial charge in [0.1, 0.15) is 12.4 Å². The molecule has 1 aliphatic heterocycles. The van der Waals surface area contributed by atoms with Crippen molar-refractivity contribution < 1.29 is 14.3 Å². The molecule has 2 aromatic carbocycles. The van der Waals surface area contributed by atoms with E-state index in [1.165, 1.54) is 0 Å². The molecule has 2 aromatic rings. The molecule has 0 aromatic heterocycles. The predicted octanol–water partition coefficient (Wildman–Crippen LogP) is 4.94. The van der Waals surface area contributed by atoms with Crippen molar-refractivity contribution in [3.8, 4) is 5.75 Å². The van der Waals surface area contributed by atoms with Gasteiger partial charge < -0.3 is 19.4 Å². The zero-order valence-electron chi connectivity index (χ0n) is 21.3. The van der Waals surface area contributed by atoms with Crippen molar-refractivity contribution in [2.45, 2.75) is 45.6 Å². The Hall–Kier alpha value is -3.02. The summed E-state index contributed by atoms with van der Waals surface area (Å²) in [6, 6.07) is 15.1. The number of para-hydroxylation sites is 1. The first-order valence-corrected chi connectivity index (χ1v) is 12.3. The van der Waals surface area contributed by atoms with Crippen molar-refractivity contribution in [3.63, 3.8) is 0 Å². The number of carbonyl (C=O) groups excluding carboxylic acids is 2. The van der Waals surface area contributed by atoms with E-state index in [1.807, 2.05) is 79.5 Å². The molecule has 0 radical (unpaired) electrons. The number of carbonyl (C=O) groups is 2. The summed E-state index contributed by atoms with van der Waals surface area (Å²) >= 11 is 0. The number of hydrogen-bond donors (Lipinski definition) is 0. The van der Waals surface area contributed by atoms with Crippen LogP contribution in [0.25, 0.3) is 0 Å². The molecule has 0 saturated heterocycles. The minimum Gasteiger partial charge on any atom is -0.491 e. The highest BCUT2D eigenvalue weighted by molar-refractivity contribution is 5.97. The van der Waals surface area contributed by atoms with Gasteiger partial charge in [0, 0.05) is 45.5 Å². The molecule has 0 N–H and O–H groups in total. The van der Waals surface area contributed by atoms with E-state index in [2.05, 4.69) is 13.8 Å². The highest BCUT2D eigenvalue weighted by atomic mass is 16.5. The summed E-state index contributed by atoms with van der Waals surface area (Å²) in [5, 5.41) is 0. The Morgan fingerprint density at radius 1 is 0.971 bits per heavy atom. The quantitative estimate of drug-likeness (QED) is 0.644. The first-order valence-electron chi connectivity index (χ1n) is 12.3. The van der Waals surface area contributed by atoms with Gasteiger partial charge in [0.15, 0.2) is 0 Å². The maximum Gasteiger partial charge on any atom is 0.257 e. The zero-order valence-corrected chi connectivity index (χ0v) is 21.3. The number of benzene rings is 2. The Labute approximate surface area is 204 Å². The summed E-state index contributed by atoms with van der Waals surface area (Å²) in [4.78, 5) is 32.5. The lowest BCUT2D eigenvalue weighted by molar-refractivity contribution is 0.0523. The van der Waals surface area contributed by atoms with E-state index in [4.69, 9.17) is 4.74 Å². The molecule has 34 heavy (non-hydrogen) atoms. The van der Waals surface area contributed by atoms with Crippen LogP contribution in [0.3, 0.4) is 0 Å². The van der Waals surface area contributed by atoms with Gasteiger partial charge in [0.2, 0.25) is 0 Å². The van der Waals surface area contributed by atoms with E-state index in [-0.39, 0.29) is 23.8 Å². The van der Waals surface area contributed by atoms with Gasteiger partial charge in [0.25, 0.3) is 11.8 Å². The molecular weight excluding hydrogens is 426 g/mol. The first kappa shape index (κ1) is 25.6. The SMILES string of the molecule is CC(C)[C@H]1COc2ccccc2C(=O)N(C)CCCCCCN1C(=O)c1ccc(N(C)C)cc1. The Morgan fingerprint density at radius 2 is 1.62 bits per heavy atom. The van der Waals surface area contributed by atoms with Gasteiger partial charge in [-0.25, -0.2) is 0 Å². The van der Waals surface area contributed by atoms with Crippen molar-refractivity contribution in [3.05, 3.63) is 59.7 Å². The number of hydrogen-bond acceptors (Lipinski definition) is 4. The number of anilines is 1. The van der Waals surface area contributed by atoms with Crippen LogP contribution in [0.1, 0.15) is 60.2 Å². The largest absolute Gasteiger partial charge is 0.491 e. The van der Waals surface area contributed by atoms with Crippen molar-refractivity contribution in [2.24, 2.45) is 5.92 Å². The van der Waals surface area contributed by atoms with Crippen LogP contribution in [0.4, 0.5) is 5.69 Å². The highest BCUT2D eigenvalue weighted by Gasteiger charge is 2.29. The van der Waals surface area contributed by atoms with Gasteiger partial charge in [-0.05, 0) is 55.2 Å². The Bertz CT molecular complexity index is 956. The lowest BCUT2D eigenvalue weighted by Gasteiger charge is -2.35. The van der Waals surface area contributed by atoms with Crippen LogP contribution >= 0.6 is 0 Å². The maximum absolute atomic E-state index is 13.7. The summed E-state index contributed by atoms with van der Waals surface area (Å²) in [5.74, 6) is 0.778. The fourth-order valence-corrected chi connectivity index (χ4v) is 4.36. The van der Waals surface area contributed by atoms with Crippen LogP contribution in [0.5, 0.6) is 5.75 Å². The van der Waals surface area contributed by atoms with E-state index in [9.17, 15) is 9.59 Å². The molecule has 3 rings (SSSR count). The lowest BCUT2D eigenvalue weighted by Crippen LogP contribution is -2.47. The standard InChI is InChI=1S/C28H39N3O3/c1-21(2)25-20-34-26-13-9-8-12-24(26)28(33)30(5)18-10-6-7-11-19-31(25)27(32)22-14-16-23(17-15-22)29(3)4/h8-9,12-17,21,25H,6-7,10-11,18-20H2,1-5H3/t25-/m1/s1. The molecule has 184 valence electrons. The average molecular weight is 466 g/mol. The zero-order chi connectivity index (χ0) is 24.7. The van der Waals surface area contributed by atoms with Crippen molar-refractivity contribution in [2.75, 3.05) is 45.7 Å². The topological polar surface area (TPSA) is 53.1 Å². The first-order chi connectivity index (χ1) is 16.3. The van der Waals surface area contributed by atoms with E-state index in [0.717, 1.165) is 31.4 Å². The third kappa shape index (κ3) is 6.31. The smallest absolute Gasteiger partial charge is 0.257 e. The van der Waals surface area contributed by atoms with Gasteiger partial charge in [-0.2, -0.15) is 0 Å². The van der Waals surface area contributed by atoms with Crippen LogP contribution in [-0.2, 0) is 0 Å². The fourth-order valence-electron chi connectivity index (χ4n) is 4.36. The number of amides is 2. The summed E-state index contributed by atoms with van der Waals surface area (Å²) in [5.41, 5.74) is 2.32. The third-order valence-electron chi connectivity index (χ3n) is 6.58. The molecule has 0 spiro atoms. The molecule has 0 aliphatic carbocycles. The number of rotatable bonds is 3. The second-order valence-electron chi connectivity index (χ2n) is 9.70. The van der Waals surface area contributed by atoms with Crippen molar-refractivity contribution in [1.82, 2.24) is 9.80 Å². The number of nitrogens with zero attached hydrogens (tertiary/aromatic N) is 3. The molecule has 0 unspecified atom stereocenters. The molecule has 6 nitrogen and oxygen atoms in total. The summed E-state index contributed by atoms with van der Waals surface area (Å²) in [7, 11) is 5.83. The van der Waals surface area contributed by atoms with Crippen LogP contribution in [0, 0.1) is 5.92 Å². The molecule has 1 aliphatic rings. The molecule has 0 fully saturated rings. The highest BCUT2D eigenvalue weighted by Crippen LogP contribution is 2.24. The number of fused-ring (bicyclic) bond motifs is 1. The molecule has 6 heteroatoms. The Balaban J connectivity index is 1.90. The number of ether oxygens (including phenoxy) is 1. The predicted molar refractivity (Wildman–Crippen MR) is 138 cm³/mol.